The van der Waals surface area contributed by atoms with E-state index < -0.39 is 6.10 Å². The fourth-order valence-electron chi connectivity index (χ4n) is 2.46. The minimum absolute atomic E-state index is 0.0528. The Bertz CT molecular complexity index is 610. The molecule has 0 radical (unpaired) electrons. The molecule has 0 aromatic heterocycles. The van der Waals surface area contributed by atoms with E-state index in [-0.39, 0.29) is 11.9 Å². The van der Waals surface area contributed by atoms with Gasteiger partial charge < -0.3 is 15.2 Å². The number of benzene rings is 2. The average molecular weight is 313 g/mol. The average Bonchev–Trinajstić information content (AvgIpc) is 2.56. The summed E-state index contributed by atoms with van der Waals surface area (Å²) in [6.45, 7) is 1.90. The molecule has 0 fully saturated rings. The van der Waals surface area contributed by atoms with E-state index in [4.69, 9.17) is 4.74 Å². The number of methoxy groups -OCH3 is 1. The van der Waals surface area contributed by atoms with Crippen LogP contribution in [0.3, 0.4) is 0 Å². The van der Waals surface area contributed by atoms with E-state index in [1.807, 2.05) is 61.5 Å². The molecule has 23 heavy (non-hydrogen) atoms. The van der Waals surface area contributed by atoms with Gasteiger partial charge >= 0.3 is 0 Å². The van der Waals surface area contributed by atoms with Gasteiger partial charge in [-0.05, 0) is 36.6 Å². The summed E-state index contributed by atoms with van der Waals surface area (Å²) in [7, 11) is 1.61. The summed E-state index contributed by atoms with van der Waals surface area (Å²) in [6.07, 6.45) is 0.223. The zero-order valence-corrected chi connectivity index (χ0v) is 13.5. The molecule has 0 spiro atoms. The molecule has 2 unspecified atom stereocenters. The van der Waals surface area contributed by atoms with Crippen LogP contribution < -0.4 is 10.1 Å². The summed E-state index contributed by atoms with van der Waals surface area (Å²) in [5.74, 6) is 0.719. The first kappa shape index (κ1) is 17.0. The van der Waals surface area contributed by atoms with Gasteiger partial charge in [0, 0.05) is 6.04 Å². The van der Waals surface area contributed by atoms with Crippen LogP contribution in [0.15, 0.2) is 54.6 Å². The van der Waals surface area contributed by atoms with Crippen molar-refractivity contribution in [1.29, 1.82) is 0 Å². The quantitative estimate of drug-likeness (QED) is 0.826. The highest BCUT2D eigenvalue weighted by Crippen LogP contribution is 2.18. The number of aliphatic hydroxyl groups excluding tert-OH is 1. The fraction of sp³-hybridized carbons (Fsp3) is 0.316. The SMILES string of the molecule is COc1ccc(CC(=O)NC(C)CC(O)c2ccccc2)cc1. The number of carbonyl (C=O) groups excluding carboxylic acids is 1. The van der Waals surface area contributed by atoms with Crippen LogP contribution in [0.5, 0.6) is 5.75 Å². The molecule has 0 saturated carbocycles. The number of nitrogens with one attached hydrogen (secondary N) is 1. The number of carbonyl (C=O) groups is 1. The molecule has 4 heteroatoms. The van der Waals surface area contributed by atoms with Crippen molar-refractivity contribution in [3.63, 3.8) is 0 Å². The molecule has 2 N–H and O–H groups in total. The normalized spacial score (nSPS) is 13.2. The van der Waals surface area contributed by atoms with E-state index in [0.29, 0.717) is 12.8 Å². The Balaban J connectivity index is 1.82. The second kappa shape index (κ2) is 8.34. The maximum Gasteiger partial charge on any atom is 0.224 e. The lowest BCUT2D eigenvalue weighted by Gasteiger charge is -2.18. The molecule has 0 bridgehead atoms. The van der Waals surface area contributed by atoms with Crippen LogP contribution in [0.1, 0.15) is 30.6 Å². The summed E-state index contributed by atoms with van der Waals surface area (Å²) in [4.78, 5) is 12.1. The minimum Gasteiger partial charge on any atom is -0.497 e. The van der Waals surface area contributed by atoms with Crippen molar-refractivity contribution in [1.82, 2.24) is 5.32 Å². The van der Waals surface area contributed by atoms with Crippen LogP contribution >= 0.6 is 0 Å². The summed E-state index contributed by atoms with van der Waals surface area (Å²) in [6, 6.07) is 16.8. The largest absolute Gasteiger partial charge is 0.497 e. The highest BCUT2D eigenvalue weighted by atomic mass is 16.5. The molecule has 0 heterocycles. The lowest BCUT2D eigenvalue weighted by atomic mass is 10.0. The first-order valence-corrected chi connectivity index (χ1v) is 7.74. The Labute approximate surface area is 137 Å². The molecule has 2 aromatic carbocycles. The number of rotatable bonds is 7. The van der Waals surface area contributed by atoms with E-state index in [1.165, 1.54) is 0 Å². The van der Waals surface area contributed by atoms with Crippen LogP contribution in [0.25, 0.3) is 0 Å². The van der Waals surface area contributed by atoms with Gasteiger partial charge in [-0.1, -0.05) is 42.5 Å². The van der Waals surface area contributed by atoms with Crippen LogP contribution in [0, 0.1) is 0 Å². The Hall–Kier alpha value is -2.33. The maximum atomic E-state index is 12.1. The Morgan fingerprint density at radius 3 is 2.39 bits per heavy atom. The van der Waals surface area contributed by atoms with Gasteiger partial charge in [0.15, 0.2) is 0 Å². The third kappa shape index (κ3) is 5.42. The number of amides is 1. The lowest BCUT2D eigenvalue weighted by Crippen LogP contribution is -2.34. The Morgan fingerprint density at radius 2 is 1.78 bits per heavy atom. The predicted molar refractivity (Wildman–Crippen MR) is 90.3 cm³/mol. The van der Waals surface area contributed by atoms with Gasteiger partial charge in [0.05, 0.1) is 19.6 Å². The van der Waals surface area contributed by atoms with E-state index in [0.717, 1.165) is 16.9 Å². The topological polar surface area (TPSA) is 58.6 Å². The standard InChI is InChI=1S/C19H23NO3/c1-14(12-18(21)16-6-4-3-5-7-16)20-19(22)13-15-8-10-17(23-2)11-9-15/h3-11,14,18,21H,12-13H2,1-2H3,(H,20,22). The van der Waals surface area contributed by atoms with Gasteiger partial charge in [-0.3, -0.25) is 4.79 Å². The first-order chi connectivity index (χ1) is 11.1. The third-order valence-electron chi connectivity index (χ3n) is 3.69. The zero-order chi connectivity index (χ0) is 16.7. The summed E-state index contributed by atoms with van der Waals surface area (Å²) in [5, 5.41) is 13.1. The zero-order valence-electron chi connectivity index (χ0n) is 13.5. The molecule has 1 amide bonds. The summed E-state index contributed by atoms with van der Waals surface area (Å²) >= 11 is 0. The maximum absolute atomic E-state index is 12.1. The van der Waals surface area contributed by atoms with Crippen molar-refractivity contribution >= 4 is 5.91 Å². The van der Waals surface area contributed by atoms with Gasteiger partial charge in [0.25, 0.3) is 0 Å². The first-order valence-electron chi connectivity index (χ1n) is 7.74. The highest BCUT2D eigenvalue weighted by Gasteiger charge is 2.14. The van der Waals surface area contributed by atoms with Crippen molar-refractivity contribution in [3.8, 4) is 5.75 Å². The second-order valence-corrected chi connectivity index (χ2v) is 5.66. The highest BCUT2D eigenvalue weighted by molar-refractivity contribution is 5.78. The minimum atomic E-state index is -0.576. The molecule has 0 aliphatic heterocycles. The summed E-state index contributed by atoms with van der Waals surface area (Å²) < 4.78 is 5.10. The molecule has 4 nitrogen and oxygen atoms in total. The fourth-order valence-corrected chi connectivity index (χ4v) is 2.46. The number of aliphatic hydroxyl groups is 1. The van der Waals surface area contributed by atoms with Crippen molar-refractivity contribution in [2.75, 3.05) is 7.11 Å². The second-order valence-electron chi connectivity index (χ2n) is 5.66. The molecular formula is C19H23NO3. The Kier molecular flexibility index (Phi) is 6.18. The number of hydrogen-bond acceptors (Lipinski definition) is 3. The third-order valence-corrected chi connectivity index (χ3v) is 3.69. The van der Waals surface area contributed by atoms with Crippen LogP contribution in [-0.2, 0) is 11.2 Å². The molecule has 0 saturated heterocycles. The van der Waals surface area contributed by atoms with Gasteiger partial charge in [-0.25, -0.2) is 0 Å². The molecule has 0 aliphatic rings. The number of hydrogen-bond donors (Lipinski definition) is 2. The predicted octanol–water partition coefficient (Wildman–Crippen LogP) is 2.87. The molecular weight excluding hydrogens is 290 g/mol. The van der Waals surface area contributed by atoms with Crippen LogP contribution in [0.2, 0.25) is 0 Å². The van der Waals surface area contributed by atoms with Gasteiger partial charge in [-0.2, -0.15) is 0 Å². The van der Waals surface area contributed by atoms with E-state index >= 15 is 0 Å². The number of ether oxygens (including phenoxy) is 1. The van der Waals surface area contributed by atoms with Crippen molar-refractivity contribution < 1.29 is 14.6 Å². The van der Waals surface area contributed by atoms with Crippen LogP contribution in [-0.4, -0.2) is 24.2 Å². The van der Waals surface area contributed by atoms with E-state index in [1.54, 1.807) is 7.11 Å². The van der Waals surface area contributed by atoms with E-state index in [2.05, 4.69) is 5.32 Å². The lowest BCUT2D eigenvalue weighted by molar-refractivity contribution is -0.121. The molecule has 0 aliphatic carbocycles. The van der Waals surface area contributed by atoms with Gasteiger partial charge in [0.1, 0.15) is 5.75 Å². The smallest absolute Gasteiger partial charge is 0.224 e. The Morgan fingerprint density at radius 1 is 1.13 bits per heavy atom. The van der Waals surface area contributed by atoms with Gasteiger partial charge in [0.2, 0.25) is 5.91 Å². The molecule has 2 rings (SSSR count). The molecule has 2 atom stereocenters. The molecule has 2 aromatic rings. The van der Waals surface area contributed by atoms with Crippen molar-refractivity contribution in [2.45, 2.75) is 31.9 Å². The van der Waals surface area contributed by atoms with Crippen LogP contribution in [0.4, 0.5) is 0 Å². The van der Waals surface area contributed by atoms with Crippen molar-refractivity contribution in [2.24, 2.45) is 0 Å². The monoisotopic (exact) mass is 313 g/mol. The van der Waals surface area contributed by atoms with Gasteiger partial charge in [-0.15, -0.1) is 0 Å². The van der Waals surface area contributed by atoms with E-state index in [9.17, 15) is 9.90 Å². The molecule has 122 valence electrons. The van der Waals surface area contributed by atoms with Crippen molar-refractivity contribution in [3.05, 3.63) is 65.7 Å². The summed E-state index contributed by atoms with van der Waals surface area (Å²) in [5.41, 5.74) is 1.79.